The van der Waals surface area contributed by atoms with Crippen molar-refractivity contribution in [3.63, 3.8) is 0 Å². The highest BCUT2D eigenvalue weighted by atomic mass is 19.1. The molecule has 0 saturated carbocycles. The summed E-state index contributed by atoms with van der Waals surface area (Å²) in [5.41, 5.74) is 1.18. The second-order valence-corrected chi connectivity index (χ2v) is 10.8. The van der Waals surface area contributed by atoms with Crippen LogP contribution in [-0.4, -0.2) is 74.8 Å². The van der Waals surface area contributed by atoms with Gasteiger partial charge in [-0.15, -0.1) is 0 Å². The third-order valence-electron chi connectivity index (χ3n) is 7.03. The van der Waals surface area contributed by atoms with Gasteiger partial charge in [-0.25, -0.2) is 18.7 Å². The number of aliphatic hydroxyl groups excluding tert-OH is 2. The van der Waals surface area contributed by atoms with Gasteiger partial charge < -0.3 is 25.2 Å². The van der Waals surface area contributed by atoms with Gasteiger partial charge in [-0.2, -0.15) is 5.10 Å². The number of rotatable bonds is 13. The molecule has 3 heterocycles. The number of aliphatic hydroxyl groups is 2. The van der Waals surface area contributed by atoms with Crippen LogP contribution in [0.3, 0.4) is 0 Å². The van der Waals surface area contributed by atoms with Crippen LogP contribution in [0.4, 0.5) is 14.7 Å². The second-order valence-electron chi connectivity index (χ2n) is 10.8. The van der Waals surface area contributed by atoms with Crippen molar-refractivity contribution in [3.05, 3.63) is 54.1 Å². The zero-order valence-corrected chi connectivity index (χ0v) is 23.5. The molecule has 10 nitrogen and oxygen atoms in total. The van der Waals surface area contributed by atoms with E-state index < -0.39 is 35.8 Å². The summed E-state index contributed by atoms with van der Waals surface area (Å²) < 4.78 is 36.3. The molecule has 1 aliphatic rings. The summed E-state index contributed by atoms with van der Waals surface area (Å²) in [6.07, 6.45) is 9.96. The topological polar surface area (TPSA) is 126 Å². The smallest absolute Gasteiger partial charge is 0.257 e. The van der Waals surface area contributed by atoms with E-state index in [1.54, 1.807) is 0 Å². The van der Waals surface area contributed by atoms with Crippen LogP contribution in [0.1, 0.15) is 49.9 Å². The minimum atomic E-state index is -1.21. The molecule has 0 spiro atoms. The van der Waals surface area contributed by atoms with Crippen LogP contribution in [-0.2, 0) is 6.54 Å². The Labute approximate surface area is 238 Å². The Balaban J connectivity index is 1.18. The van der Waals surface area contributed by atoms with E-state index in [1.807, 2.05) is 29.5 Å². The Kier molecular flexibility index (Phi) is 10.6. The van der Waals surface area contributed by atoms with E-state index in [9.17, 15) is 18.7 Å². The highest BCUT2D eigenvalue weighted by Crippen LogP contribution is 2.26. The molecule has 4 rings (SSSR count). The number of anilines is 1. The zero-order valence-electron chi connectivity index (χ0n) is 23.5. The fraction of sp³-hybridized carbons (Fsp3) is 0.517. The first kappa shape index (κ1) is 30.3. The molecule has 1 aromatic carbocycles. The summed E-state index contributed by atoms with van der Waals surface area (Å²) in [4.78, 5) is 23.4. The Morgan fingerprint density at radius 1 is 1.12 bits per heavy atom. The third-order valence-corrected chi connectivity index (χ3v) is 7.03. The molecule has 1 fully saturated rings. The van der Waals surface area contributed by atoms with Crippen LogP contribution in [0.15, 0.2) is 36.9 Å². The van der Waals surface area contributed by atoms with E-state index in [-0.39, 0.29) is 12.3 Å². The van der Waals surface area contributed by atoms with E-state index in [1.165, 1.54) is 0 Å². The fourth-order valence-electron chi connectivity index (χ4n) is 4.82. The Bertz CT molecular complexity index is 1260. The molecule has 1 saturated heterocycles. The predicted octanol–water partition coefficient (Wildman–Crippen LogP) is 3.43. The van der Waals surface area contributed by atoms with E-state index in [0.29, 0.717) is 18.4 Å². The zero-order chi connectivity index (χ0) is 29.4. The number of ether oxygens (including phenoxy) is 1. The summed E-state index contributed by atoms with van der Waals surface area (Å²) in [6, 6.07) is 1.95. The van der Waals surface area contributed by atoms with E-state index in [2.05, 4.69) is 39.1 Å². The van der Waals surface area contributed by atoms with Crippen molar-refractivity contribution >= 4 is 11.9 Å². The summed E-state index contributed by atoms with van der Waals surface area (Å²) in [7, 11) is 0. The van der Waals surface area contributed by atoms with Gasteiger partial charge in [0, 0.05) is 68.0 Å². The Hall–Kier alpha value is -3.64. The number of aromatic nitrogens is 4. The lowest BCUT2D eigenvalue weighted by Crippen LogP contribution is -2.35. The van der Waals surface area contributed by atoms with Crippen molar-refractivity contribution in [2.45, 2.75) is 52.2 Å². The molecule has 1 amide bonds. The molecule has 1 aliphatic heterocycles. The molecule has 222 valence electrons. The van der Waals surface area contributed by atoms with Crippen molar-refractivity contribution in [1.82, 2.24) is 25.1 Å². The van der Waals surface area contributed by atoms with Gasteiger partial charge in [-0.05, 0) is 37.5 Å². The van der Waals surface area contributed by atoms with Gasteiger partial charge in [-0.1, -0.05) is 13.8 Å². The van der Waals surface area contributed by atoms with Gasteiger partial charge in [0.15, 0.2) is 0 Å². The van der Waals surface area contributed by atoms with Crippen molar-refractivity contribution in [2.24, 2.45) is 11.8 Å². The van der Waals surface area contributed by atoms with Crippen molar-refractivity contribution < 1.29 is 28.5 Å². The van der Waals surface area contributed by atoms with Crippen molar-refractivity contribution in [2.75, 3.05) is 37.7 Å². The highest BCUT2D eigenvalue weighted by molar-refractivity contribution is 5.94. The van der Waals surface area contributed by atoms with Crippen molar-refractivity contribution in [1.29, 1.82) is 0 Å². The van der Waals surface area contributed by atoms with Crippen LogP contribution in [0, 0.1) is 23.5 Å². The number of carbonyl (C=O) groups excluding carboxylic acids is 1. The maximum absolute atomic E-state index is 14.4. The molecule has 3 N–H and O–H groups in total. The first-order chi connectivity index (χ1) is 19.7. The minimum absolute atomic E-state index is 0.00891. The minimum Gasteiger partial charge on any atom is -0.493 e. The number of nitrogens with one attached hydrogen (secondary N) is 1. The van der Waals surface area contributed by atoms with E-state index >= 15 is 0 Å². The number of benzene rings is 1. The Morgan fingerprint density at radius 2 is 1.80 bits per heavy atom. The summed E-state index contributed by atoms with van der Waals surface area (Å²) in [6.45, 7) is 6.28. The van der Waals surface area contributed by atoms with Crippen LogP contribution in [0.25, 0.3) is 11.1 Å². The van der Waals surface area contributed by atoms with Gasteiger partial charge in [0.25, 0.3) is 5.91 Å². The van der Waals surface area contributed by atoms with E-state index in [0.717, 1.165) is 74.5 Å². The Morgan fingerprint density at radius 3 is 2.44 bits per heavy atom. The van der Waals surface area contributed by atoms with Crippen molar-refractivity contribution in [3.8, 4) is 16.9 Å². The molecular formula is C29H38F2N6O4. The predicted molar refractivity (Wildman–Crippen MR) is 150 cm³/mol. The molecule has 1 unspecified atom stereocenters. The molecular weight excluding hydrogens is 534 g/mol. The average Bonchev–Trinajstić information content (AvgIpc) is 3.42. The number of halogens is 2. The molecule has 1 atom stereocenters. The maximum Gasteiger partial charge on any atom is 0.257 e. The van der Waals surface area contributed by atoms with Crippen LogP contribution in [0.2, 0.25) is 0 Å². The number of piperidine rings is 1. The standard InChI is InChI=1S/C29H38F2N6O4/c1-19(2)16-37-17-22(14-35-37)21-12-33-29(34-13-21)36-7-5-20(6-8-36)4-3-9-41-24-10-25(30)27(26(31)11-24)28(40)32-15-23(39)18-38/h10-14,17,19-20,23,38-39H,3-9,15-16,18H2,1-2H3,(H,32,40). The van der Waals surface area contributed by atoms with Gasteiger partial charge in [-0.3, -0.25) is 9.48 Å². The number of nitrogens with zero attached hydrogens (tertiary/aromatic N) is 5. The number of amides is 1. The lowest BCUT2D eigenvalue weighted by Gasteiger charge is -2.32. The van der Waals surface area contributed by atoms with Crippen LogP contribution >= 0.6 is 0 Å². The summed E-state index contributed by atoms with van der Waals surface area (Å²) in [5, 5.41) is 24.7. The lowest BCUT2D eigenvalue weighted by atomic mass is 9.92. The summed E-state index contributed by atoms with van der Waals surface area (Å²) >= 11 is 0. The van der Waals surface area contributed by atoms with Crippen LogP contribution in [0.5, 0.6) is 5.75 Å². The first-order valence-electron chi connectivity index (χ1n) is 14.0. The molecule has 0 aliphatic carbocycles. The molecule has 12 heteroatoms. The number of carbonyl (C=O) groups is 1. The van der Waals surface area contributed by atoms with Gasteiger partial charge in [0.05, 0.1) is 25.5 Å². The SMILES string of the molecule is CC(C)Cn1cc(-c2cnc(N3CCC(CCCOc4cc(F)c(C(=O)NCC(O)CO)c(F)c4)CC3)nc2)cn1. The monoisotopic (exact) mass is 572 g/mol. The van der Waals surface area contributed by atoms with Gasteiger partial charge in [0.1, 0.15) is 22.9 Å². The quantitative estimate of drug-likeness (QED) is 0.266. The third kappa shape index (κ3) is 8.43. The number of hydrogen-bond donors (Lipinski definition) is 3. The lowest BCUT2D eigenvalue weighted by molar-refractivity contribution is 0.0796. The fourth-order valence-corrected chi connectivity index (χ4v) is 4.82. The largest absolute Gasteiger partial charge is 0.493 e. The summed E-state index contributed by atoms with van der Waals surface area (Å²) in [5.74, 6) is -1.37. The molecule has 2 aromatic heterocycles. The van der Waals surface area contributed by atoms with Gasteiger partial charge in [0.2, 0.25) is 5.95 Å². The normalized spacial score (nSPS) is 14.9. The molecule has 0 radical (unpaired) electrons. The van der Waals surface area contributed by atoms with Gasteiger partial charge >= 0.3 is 0 Å². The second kappa shape index (κ2) is 14.3. The molecule has 0 bridgehead atoms. The van der Waals surface area contributed by atoms with E-state index in [4.69, 9.17) is 9.84 Å². The number of hydrogen-bond acceptors (Lipinski definition) is 8. The average molecular weight is 573 g/mol. The first-order valence-corrected chi connectivity index (χ1v) is 14.0. The molecule has 41 heavy (non-hydrogen) atoms. The maximum atomic E-state index is 14.4. The van der Waals surface area contributed by atoms with Crippen LogP contribution < -0.4 is 15.0 Å². The highest BCUT2D eigenvalue weighted by Gasteiger charge is 2.22. The molecule has 3 aromatic rings.